The maximum Gasteiger partial charge on any atom is 0.298 e. The SMILES string of the molecule is O=C1NC[C@H]2CN(C(=O)C3CCN(c4nc5ccc(Cl)cc5o4)CC3)C[C@@H]12. The number of oxazole rings is 1. The molecule has 8 heteroatoms. The van der Waals surface area contributed by atoms with E-state index in [2.05, 4.69) is 15.2 Å². The molecule has 3 aliphatic rings. The van der Waals surface area contributed by atoms with Gasteiger partial charge in [0.05, 0.1) is 5.92 Å². The molecule has 142 valence electrons. The van der Waals surface area contributed by atoms with E-state index in [0.29, 0.717) is 36.3 Å². The Labute approximate surface area is 161 Å². The van der Waals surface area contributed by atoms with Crippen molar-refractivity contribution < 1.29 is 14.0 Å². The summed E-state index contributed by atoms with van der Waals surface area (Å²) >= 11 is 6.01. The van der Waals surface area contributed by atoms with Gasteiger partial charge < -0.3 is 19.5 Å². The van der Waals surface area contributed by atoms with Crippen molar-refractivity contribution in [1.82, 2.24) is 15.2 Å². The van der Waals surface area contributed by atoms with Gasteiger partial charge in [-0.25, -0.2) is 0 Å². The van der Waals surface area contributed by atoms with E-state index in [-0.39, 0.29) is 29.6 Å². The fraction of sp³-hybridized carbons (Fsp3) is 0.526. The molecule has 2 amide bonds. The van der Waals surface area contributed by atoms with Crippen LogP contribution < -0.4 is 10.2 Å². The summed E-state index contributed by atoms with van der Waals surface area (Å²) < 4.78 is 5.84. The number of carbonyl (C=O) groups excluding carboxylic acids is 2. The van der Waals surface area contributed by atoms with Crippen LogP contribution in [0, 0.1) is 17.8 Å². The van der Waals surface area contributed by atoms with Crippen LogP contribution in [-0.4, -0.2) is 54.4 Å². The van der Waals surface area contributed by atoms with Gasteiger partial charge in [-0.15, -0.1) is 0 Å². The highest BCUT2D eigenvalue weighted by Crippen LogP contribution is 2.32. The van der Waals surface area contributed by atoms with E-state index in [9.17, 15) is 9.59 Å². The number of hydrogen-bond acceptors (Lipinski definition) is 5. The fourth-order valence-electron chi connectivity index (χ4n) is 4.52. The zero-order chi connectivity index (χ0) is 18.5. The molecule has 1 aromatic carbocycles. The highest BCUT2D eigenvalue weighted by molar-refractivity contribution is 6.31. The van der Waals surface area contributed by atoms with Gasteiger partial charge in [0.1, 0.15) is 5.52 Å². The van der Waals surface area contributed by atoms with Crippen molar-refractivity contribution in [3.05, 3.63) is 23.2 Å². The number of nitrogens with zero attached hydrogens (tertiary/aromatic N) is 3. The summed E-state index contributed by atoms with van der Waals surface area (Å²) in [5.74, 6) is 0.582. The van der Waals surface area contributed by atoms with Crippen LogP contribution in [0.15, 0.2) is 22.6 Å². The summed E-state index contributed by atoms with van der Waals surface area (Å²) in [4.78, 5) is 33.2. The quantitative estimate of drug-likeness (QED) is 0.850. The molecule has 0 unspecified atom stereocenters. The molecule has 1 N–H and O–H groups in total. The third kappa shape index (κ3) is 2.94. The molecule has 5 rings (SSSR count). The van der Waals surface area contributed by atoms with Crippen molar-refractivity contribution in [1.29, 1.82) is 0 Å². The Hall–Kier alpha value is -2.28. The fourth-order valence-corrected chi connectivity index (χ4v) is 4.68. The number of anilines is 1. The predicted molar refractivity (Wildman–Crippen MR) is 101 cm³/mol. The van der Waals surface area contributed by atoms with Gasteiger partial charge in [0.15, 0.2) is 5.58 Å². The number of benzene rings is 1. The number of halogens is 1. The standard InChI is InChI=1S/C19H21ClN4O3/c20-13-1-2-15-16(7-13)27-19(22-15)23-5-3-11(4-6-23)18(26)24-9-12-8-21-17(25)14(12)10-24/h1-2,7,11-12,14H,3-6,8-10H2,(H,21,25)/t12-,14+/m0/s1. The Morgan fingerprint density at radius 2 is 2.07 bits per heavy atom. The molecule has 27 heavy (non-hydrogen) atoms. The van der Waals surface area contributed by atoms with Crippen LogP contribution in [-0.2, 0) is 9.59 Å². The minimum Gasteiger partial charge on any atom is -0.423 e. The molecule has 2 atom stereocenters. The van der Waals surface area contributed by atoms with Crippen LogP contribution in [0.2, 0.25) is 5.02 Å². The average molecular weight is 389 g/mol. The Balaban J connectivity index is 1.22. The van der Waals surface area contributed by atoms with Crippen LogP contribution in [0.4, 0.5) is 6.01 Å². The lowest BCUT2D eigenvalue weighted by Gasteiger charge is -2.32. The van der Waals surface area contributed by atoms with E-state index in [1.165, 1.54) is 0 Å². The molecule has 1 aromatic heterocycles. The van der Waals surface area contributed by atoms with E-state index >= 15 is 0 Å². The number of hydrogen-bond donors (Lipinski definition) is 1. The molecule has 3 fully saturated rings. The summed E-state index contributed by atoms with van der Waals surface area (Å²) in [6, 6.07) is 6.00. The second-order valence-electron chi connectivity index (χ2n) is 7.72. The molecule has 0 aliphatic carbocycles. The zero-order valence-electron chi connectivity index (χ0n) is 14.9. The number of rotatable bonds is 2. The lowest BCUT2D eigenvalue weighted by molar-refractivity contribution is -0.135. The van der Waals surface area contributed by atoms with Gasteiger partial charge in [0, 0.05) is 55.6 Å². The molecule has 3 saturated heterocycles. The van der Waals surface area contributed by atoms with E-state index in [1.54, 1.807) is 12.1 Å². The van der Waals surface area contributed by atoms with Gasteiger partial charge in [0.2, 0.25) is 11.8 Å². The Kier molecular flexibility index (Phi) is 4.00. The van der Waals surface area contributed by atoms with E-state index in [4.69, 9.17) is 16.0 Å². The minimum atomic E-state index is -0.0133. The average Bonchev–Trinajstić information content (AvgIpc) is 3.37. The molecule has 4 heterocycles. The van der Waals surface area contributed by atoms with Gasteiger partial charge in [-0.05, 0) is 25.0 Å². The molecule has 0 bridgehead atoms. The minimum absolute atomic E-state index is 0.0133. The van der Waals surface area contributed by atoms with Crippen molar-refractivity contribution in [3.8, 4) is 0 Å². The summed E-state index contributed by atoms with van der Waals surface area (Å²) in [6.07, 6.45) is 1.55. The van der Waals surface area contributed by atoms with Crippen molar-refractivity contribution in [3.63, 3.8) is 0 Å². The lowest BCUT2D eigenvalue weighted by atomic mass is 9.95. The van der Waals surface area contributed by atoms with E-state index < -0.39 is 0 Å². The van der Waals surface area contributed by atoms with Crippen LogP contribution in [0.25, 0.3) is 11.1 Å². The maximum atomic E-state index is 12.9. The largest absolute Gasteiger partial charge is 0.423 e. The molecular weight excluding hydrogens is 368 g/mol. The molecule has 7 nitrogen and oxygen atoms in total. The van der Waals surface area contributed by atoms with Crippen LogP contribution in [0.3, 0.4) is 0 Å². The topological polar surface area (TPSA) is 78.7 Å². The van der Waals surface area contributed by atoms with Gasteiger partial charge >= 0.3 is 0 Å². The highest BCUT2D eigenvalue weighted by atomic mass is 35.5. The maximum absolute atomic E-state index is 12.9. The third-order valence-corrected chi connectivity index (χ3v) is 6.32. The number of nitrogens with one attached hydrogen (secondary N) is 1. The smallest absolute Gasteiger partial charge is 0.298 e. The second kappa shape index (κ2) is 6.41. The van der Waals surface area contributed by atoms with Crippen molar-refractivity contribution in [2.75, 3.05) is 37.6 Å². The molecule has 0 radical (unpaired) electrons. The molecule has 2 aromatic rings. The summed E-state index contributed by atoms with van der Waals surface area (Å²) in [5, 5.41) is 3.51. The molecular formula is C19H21ClN4O3. The second-order valence-corrected chi connectivity index (χ2v) is 8.16. The number of piperidine rings is 1. The van der Waals surface area contributed by atoms with Gasteiger partial charge in [-0.3, -0.25) is 9.59 Å². The monoisotopic (exact) mass is 388 g/mol. The van der Waals surface area contributed by atoms with E-state index in [1.807, 2.05) is 11.0 Å². The molecule has 0 spiro atoms. The van der Waals surface area contributed by atoms with Gasteiger partial charge in [-0.1, -0.05) is 11.6 Å². The Morgan fingerprint density at radius 3 is 2.85 bits per heavy atom. The Bertz CT molecular complexity index is 905. The first-order valence-electron chi connectivity index (χ1n) is 9.46. The Morgan fingerprint density at radius 1 is 1.26 bits per heavy atom. The van der Waals surface area contributed by atoms with E-state index in [0.717, 1.165) is 31.4 Å². The van der Waals surface area contributed by atoms with Crippen molar-refractivity contribution in [2.45, 2.75) is 12.8 Å². The zero-order valence-corrected chi connectivity index (χ0v) is 15.6. The third-order valence-electron chi connectivity index (χ3n) is 6.08. The number of fused-ring (bicyclic) bond motifs is 2. The van der Waals surface area contributed by atoms with Crippen LogP contribution in [0.1, 0.15) is 12.8 Å². The first-order chi connectivity index (χ1) is 13.1. The van der Waals surface area contributed by atoms with Gasteiger partial charge in [0.25, 0.3) is 6.01 Å². The first-order valence-corrected chi connectivity index (χ1v) is 9.84. The van der Waals surface area contributed by atoms with Gasteiger partial charge in [-0.2, -0.15) is 4.98 Å². The van der Waals surface area contributed by atoms with Crippen molar-refractivity contribution >= 4 is 40.5 Å². The van der Waals surface area contributed by atoms with Crippen LogP contribution >= 0.6 is 11.6 Å². The van der Waals surface area contributed by atoms with Crippen molar-refractivity contribution in [2.24, 2.45) is 17.8 Å². The first kappa shape index (κ1) is 16.9. The number of aromatic nitrogens is 1. The normalized spacial score (nSPS) is 25.9. The number of carbonyl (C=O) groups is 2. The lowest BCUT2D eigenvalue weighted by Crippen LogP contribution is -2.43. The summed E-state index contributed by atoms with van der Waals surface area (Å²) in [6.45, 7) is 3.44. The summed E-state index contributed by atoms with van der Waals surface area (Å²) in [7, 11) is 0. The highest BCUT2D eigenvalue weighted by Gasteiger charge is 2.44. The predicted octanol–water partition coefficient (Wildman–Crippen LogP) is 1.90. The van der Waals surface area contributed by atoms with Crippen LogP contribution in [0.5, 0.6) is 0 Å². The number of amides is 2. The molecule has 3 aliphatic heterocycles. The number of likely N-dealkylation sites (tertiary alicyclic amines) is 1. The molecule has 0 saturated carbocycles. The summed E-state index contributed by atoms with van der Waals surface area (Å²) in [5.41, 5.74) is 1.46.